The zero-order valence-electron chi connectivity index (χ0n) is 13.8. The number of amides is 1. The minimum Gasteiger partial charge on any atom is -0.359 e. The molecule has 0 saturated heterocycles. The van der Waals surface area contributed by atoms with Crippen molar-refractivity contribution < 1.29 is 17.7 Å². The second-order valence-electron chi connectivity index (χ2n) is 5.62. The predicted molar refractivity (Wildman–Crippen MR) is 90.6 cm³/mol. The fourth-order valence-electron chi connectivity index (χ4n) is 2.39. The van der Waals surface area contributed by atoms with Gasteiger partial charge in [-0.2, -0.15) is 0 Å². The first kappa shape index (κ1) is 17.0. The lowest BCUT2D eigenvalue weighted by Crippen LogP contribution is -2.22. The molecule has 2 aromatic heterocycles. The first-order valence-corrected chi connectivity index (χ1v) is 9.01. The van der Waals surface area contributed by atoms with Crippen LogP contribution in [0.4, 0.5) is 0 Å². The first-order chi connectivity index (χ1) is 11.9. The summed E-state index contributed by atoms with van der Waals surface area (Å²) in [6, 6.07) is 9.87. The van der Waals surface area contributed by atoms with Crippen LogP contribution >= 0.6 is 0 Å². The van der Waals surface area contributed by atoms with Crippen LogP contribution in [0.1, 0.15) is 27.4 Å². The third kappa shape index (κ3) is 3.48. The Morgan fingerprint density at radius 3 is 2.68 bits per heavy atom. The number of aromatic nitrogens is 2. The molecule has 0 spiro atoms. The molecule has 3 aromatic rings. The van der Waals surface area contributed by atoms with E-state index in [0.717, 1.165) is 9.67 Å². The number of nitrogens with zero attached hydrogens (tertiary/aromatic N) is 2. The monoisotopic (exact) mass is 359 g/mol. The van der Waals surface area contributed by atoms with Crippen LogP contribution in [0.3, 0.4) is 0 Å². The molecule has 0 aliphatic heterocycles. The molecule has 1 aromatic carbocycles. The van der Waals surface area contributed by atoms with Crippen molar-refractivity contribution in [1.29, 1.82) is 0 Å². The topological polar surface area (TPSA) is 94.2 Å². The van der Waals surface area contributed by atoms with E-state index >= 15 is 0 Å². The van der Waals surface area contributed by atoms with Gasteiger partial charge in [0.15, 0.2) is 5.76 Å². The average Bonchev–Trinajstić information content (AvgIpc) is 3.22. The second-order valence-corrected chi connectivity index (χ2v) is 7.43. The number of benzene rings is 1. The van der Waals surface area contributed by atoms with Gasteiger partial charge in [-0.05, 0) is 31.5 Å². The summed E-state index contributed by atoms with van der Waals surface area (Å²) in [5, 5.41) is 6.40. The Hall–Kier alpha value is -2.87. The van der Waals surface area contributed by atoms with Crippen LogP contribution in [0.15, 0.2) is 58.2 Å². The summed E-state index contributed by atoms with van der Waals surface area (Å²) in [5.74, 6) is 0.130. The van der Waals surface area contributed by atoms with Crippen molar-refractivity contribution >= 4 is 15.9 Å². The van der Waals surface area contributed by atoms with E-state index in [-0.39, 0.29) is 17.0 Å². The van der Waals surface area contributed by atoms with Gasteiger partial charge in [-0.1, -0.05) is 23.4 Å². The molecule has 1 amide bonds. The molecular weight excluding hydrogens is 342 g/mol. The number of carbonyl (C=O) groups excluding carboxylic acids is 1. The SMILES string of the molecule is Cc1cc(CNC(=O)c2ccn(S(=O)(=O)c3ccccc3C)c2)on1. The van der Waals surface area contributed by atoms with E-state index in [0.29, 0.717) is 11.3 Å². The van der Waals surface area contributed by atoms with E-state index in [2.05, 4.69) is 10.5 Å². The molecule has 0 fully saturated rings. The highest BCUT2D eigenvalue weighted by atomic mass is 32.2. The molecule has 3 rings (SSSR count). The van der Waals surface area contributed by atoms with Gasteiger partial charge >= 0.3 is 0 Å². The molecule has 1 N–H and O–H groups in total. The van der Waals surface area contributed by atoms with Gasteiger partial charge in [0.05, 0.1) is 22.7 Å². The van der Waals surface area contributed by atoms with Crippen LogP contribution in [0.25, 0.3) is 0 Å². The minimum atomic E-state index is -3.74. The molecule has 0 aliphatic carbocycles. The number of hydrogen-bond donors (Lipinski definition) is 1. The van der Waals surface area contributed by atoms with Crippen LogP contribution in [-0.4, -0.2) is 23.5 Å². The smallest absolute Gasteiger partial charge is 0.267 e. The van der Waals surface area contributed by atoms with Crippen LogP contribution in [0.5, 0.6) is 0 Å². The zero-order valence-corrected chi connectivity index (χ0v) is 14.6. The largest absolute Gasteiger partial charge is 0.359 e. The molecule has 0 aliphatic rings. The normalized spacial score (nSPS) is 11.4. The average molecular weight is 359 g/mol. The summed E-state index contributed by atoms with van der Waals surface area (Å²) >= 11 is 0. The Kier molecular flexibility index (Phi) is 4.45. The van der Waals surface area contributed by atoms with E-state index in [1.165, 1.54) is 24.5 Å². The fraction of sp³-hybridized carbons (Fsp3) is 0.176. The third-order valence-corrected chi connectivity index (χ3v) is 5.47. The van der Waals surface area contributed by atoms with Crippen molar-refractivity contribution in [3.63, 3.8) is 0 Å². The molecule has 0 atom stereocenters. The summed E-state index contributed by atoms with van der Waals surface area (Å²) in [6.07, 6.45) is 2.65. The molecule has 25 heavy (non-hydrogen) atoms. The van der Waals surface area contributed by atoms with Gasteiger partial charge in [0.2, 0.25) is 0 Å². The quantitative estimate of drug-likeness (QED) is 0.754. The third-order valence-electron chi connectivity index (χ3n) is 3.68. The van der Waals surface area contributed by atoms with Crippen LogP contribution < -0.4 is 5.32 Å². The van der Waals surface area contributed by atoms with Crippen molar-refractivity contribution in [3.05, 3.63) is 71.4 Å². The standard InChI is InChI=1S/C17H17N3O4S/c1-12-5-3-4-6-16(12)25(22,23)20-8-7-14(11-20)17(21)18-10-15-9-13(2)19-24-15/h3-9,11H,10H2,1-2H3,(H,18,21). The van der Waals surface area contributed by atoms with Gasteiger partial charge in [0, 0.05) is 18.5 Å². The summed E-state index contributed by atoms with van der Waals surface area (Å²) in [6.45, 7) is 3.68. The van der Waals surface area contributed by atoms with E-state index in [9.17, 15) is 13.2 Å². The highest BCUT2D eigenvalue weighted by Gasteiger charge is 2.20. The number of rotatable bonds is 5. The lowest BCUT2D eigenvalue weighted by atomic mass is 10.2. The molecule has 7 nitrogen and oxygen atoms in total. The van der Waals surface area contributed by atoms with Gasteiger partial charge in [-0.15, -0.1) is 0 Å². The highest BCUT2D eigenvalue weighted by Crippen LogP contribution is 2.19. The molecular formula is C17H17N3O4S. The van der Waals surface area contributed by atoms with E-state index in [1.54, 1.807) is 38.1 Å². The molecule has 130 valence electrons. The maximum absolute atomic E-state index is 12.7. The number of carbonyl (C=O) groups is 1. The van der Waals surface area contributed by atoms with Crippen molar-refractivity contribution in [3.8, 4) is 0 Å². The summed E-state index contributed by atoms with van der Waals surface area (Å²) < 4.78 is 31.4. The Morgan fingerprint density at radius 2 is 2.00 bits per heavy atom. The lowest BCUT2D eigenvalue weighted by molar-refractivity contribution is 0.0947. The molecule has 0 bridgehead atoms. The van der Waals surface area contributed by atoms with Gasteiger partial charge in [0.25, 0.3) is 15.9 Å². The number of hydrogen-bond acceptors (Lipinski definition) is 5. The zero-order chi connectivity index (χ0) is 18.0. The Balaban J connectivity index is 1.77. The fourth-order valence-corrected chi connectivity index (χ4v) is 3.82. The van der Waals surface area contributed by atoms with Gasteiger partial charge < -0.3 is 9.84 Å². The van der Waals surface area contributed by atoms with Gasteiger partial charge in [-0.3, -0.25) is 4.79 Å². The molecule has 0 unspecified atom stereocenters. The van der Waals surface area contributed by atoms with Crippen LogP contribution in [-0.2, 0) is 16.6 Å². The molecule has 8 heteroatoms. The van der Waals surface area contributed by atoms with E-state index < -0.39 is 15.9 Å². The van der Waals surface area contributed by atoms with Crippen molar-refractivity contribution in [2.45, 2.75) is 25.3 Å². The number of aryl methyl sites for hydroxylation is 2. The summed E-state index contributed by atoms with van der Waals surface area (Å²) in [4.78, 5) is 12.4. The molecule has 0 saturated carbocycles. The predicted octanol–water partition coefficient (Wildman–Crippen LogP) is 2.26. The Bertz CT molecular complexity index is 1020. The van der Waals surface area contributed by atoms with Crippen molar-refractivity contribution in [2.75, 3.05) is 0 Å². The maximum Gasteiger partial charge on any atom is 0.267 e. The second kappa shape index (κ2) is 6.56. The minimum absolute atomic E-state index is 0.176. The lowest BCUT2D eigenvalue weighted by Gasteiger charge is -2.08. The highest BCUT2D eigenvalue weighted by molar-refractivity contribution is 7.90. The van der Waals surface area contributed by atoms with Gasteiger partial charge in [0.1, 0.15) is 0 Å². The number of nitrogens with one attached hydrogen (secondary N) is 1. The first-order valence-electron chi connectivity index (χ1n) is 7.57. The molecule has 2 heterocycles. The van der Waals surface area contributed by atoms with E-state index in [4.69, 9.17) is 4.52 Å². The maximum atomic E-state index is 12.7. The Labute approximate surface area is 145 Å². The van der Waals surface area contributed by atoms with E-state index in [1.807, 2.05) is 0 Å². The summed E-state index contributed by atoms with van der Waals surface area (Å²) in [7, 11) is -3.74. The van der Waals surface area contributed by atoms with Crippen LogP contribution in [0.2, 0.25) is 0 Å². The van der Waals surface area contributed by atoms with Gasteiger partial charge in [-0.25, -0.2) is 12.4 Å². The van der Waals surface area contributed by atoms with Crippen molar-refractivity contribution in [1.82, 2.24) is 14.4 Å². The molecule has 0 radical (unpaired) electrons. The summed E-state index contributed by atoms with van der Waals surface area (Å²) in [5.41, 5.74) is 1.61. The van der Waals surface area contributed by atoms with Crippen LogP contribution in [0, 0.1) is 13.8 Å². The Morgan fingerprint density at radius 1 is 1.24 bits per heavy atom. The van der Waals surface area contributed by atoms with Crippen molar-refractivity contribution in [2.24, 2.45) is 0 Å².